The Morgan fingerprint density at radius 1 is 0.675 bits per heavy atom. The molecule has 2 unspecified atom stereocenters. The van der Waals surface area contributed by atoms with Crippen LogP contribution in [-0.4, -0.2) is 35.1 Å². The number of allylic oxidation sites excluding steroid dienone is 3. The average molecular weight is 600 g/mol. The first-order valence-corrected chi connectivity index (χ1v) is 16.9. The Labute approximate surface area is 236 Å². The Morgan fingerprint density at radius 2 is 1.20 bits per heavy atom. The van der Waals surface area contributed by atoms with Crippen molar-refractivity contribution in [1.29, 1.82) is 0 Å². The van der Waals surface area contributed by atoms with Crippen LogP contribution in [-0.2, 0) is 35.2 Å². The van der Waals surface area contributed by atoms with Gasteiger partial charge in [-0.3, -0.25) is 0 Å². The van der Waals surface area contributed by atoms with E-state index in [1.165, 1.54) is 43.3 Å². The molecule has 0 aliphatic heterocycles. The van der Waals surface area contributed by atoms with Gasteiger partial charge in [-0.05, 0) is 86.7 Å². The number of aryl methyl sites for hydroxylation is 4. The van der Waals surface area contributed by atoms with E-state index in [0.717, 1.165) is 11.6 Å². The Hall–Kier alpha value is -3.05. The molecule has 0 heterocycles. The van der Waals surface area contributed by atoms with Crippen molar-refractivity contribution in [2.45, 2.75) is 71.8 Å². The highest BCUT2D eigenvalue weighted by Gasteiger charge is 2.42. The third-order valence-corrected chi connectivity index (χ3v) is 12.5. The van der Waals surface area contributed by atoms with Gasteiger partial charge in [0.05, 0.1) is 24.8 Å². The van der Waals surface area contributed by atoms with E-state index in [4.69, 9.17) is 0 Å². The molecule has 0 radical (unpaired) electrons. The molecule has 0 fully saturated rings. The molecule has 0 aromatic heterocycles. The zero-order valence-electron chi connectivity index (χ0n) is 23.1. The van der Waals surface area contributed by atoms with Crippen LogP contribution in [0.25, 0.3) is 0 Å². The molecule has 0 saturated carbocycles. The second-order valence-electron chi connectivity index (χ2n) is 10.6. The van der Waals surface area contributed by atoms with Crippen LogP contribution in [0.4, 0.5) is 0 Å². The average Bonchev–Trinajstić information content (AvgIpc) is 2.87. The van der Waals surface area contributed by atoms with E-state index in [2.05, 4.69) is 0 Å². The van der Waals surface area contributed by atoms with E-state index in [0.29, 0.717) is 22.3 Å². The van der Waals surface area contributed by atoms with Crippen LogP contribution < -0.4 is 0 Å². The first kappa shape index (κ1) is 29.9. The molecule has 1 aliphatic rings. The summed E-state index contributed by atoms with van der Waals surface area (Å²) >= 11 is 0. The van der Waals surface area contributed by atoms with Crippen molar-refractivity contribution in [3.8, 4) is 0 Å². The fraction of sp³-hybridized carbons (Fsp3) is 0.267. The summed E-state index contributed by atoms with van der Waals surface area (Å²) in [6.07, 6.45) is 4.42. The number of benzene rings is 3. The number of hydrogen-bond acceptors (Lipinski definition) is 7. The maximum atomic E-state index is 14.3. The minimum Gasteiger partial charge on any atom is -0.747 e. The lowest BCUT2D eigenvalue weighted by Crippen LogP contribution is -2.42. The second kappa shape index (κ2) is 10.1. The maximum Gasteiger partial charge on any atom is 0.207 e. The first-order chi connectivity index (χ1) is 18.4. The third kappa shape index (κ3) is 5.21. The van der Waals surface area contributed by atoms with E-state index in [1.54, 1.807) is 65.0 Å². The summed E-state index contributed by atoms with van der Waals surface area (Å²) in [7, 11) is -13.5. The van der Waals surface area contributed by atoms with Gasteiger partial charge >= 0.3 is 0 Å². The molecule has 0 bridgehead atoms. The van der Waals surface area contributed by atoms with Gasteiger partial charge in [0.25, 0.3) is 0 Å². The smallest absolute Gasteiger partial charge is 0.207 e. The van der Waals surface area contributed by atoms with Crippen molar-refractivity contribution in [2.24, 2.45) is 0 Å². The molecule has 40 heavy (non-hydrogen) atoms. The maximum absolute atomic E-state index is 14.3. The number of hydrogen-bond donors (Lipinski definition) is 0. The zero-order valence-corrected chi connectivity index (χ0v) is 25.5. The third-order valence-electron chi connectivity index (χ3n) is 7.41. The Morgan fingerprint density at radius 3 is 1.73 bits per heavy atom. The lowest BCUT2D eigenvalue weighted by molar-refractivity contribution is 0.431. The van der Waals surface area contributed by atoms with E-state index in [-0.39, 0.29) is 25.1 Å². The zero-order chi connectivity index (χ0) is 29.8. The van der Waals surface area contributed by atoms with Gasteiger partial charge in [0.1, 0.15) is 10.1 Å². The number of rotatable bonds is 6. The molecule has 0 saturated heterocycles. The summed E-state index contributed by atoms with van der Waals surface area (Å²) in [4.78, 5) is -0.629. The van der Waals surface area contributed by atoms with Crippen molar-refractivity contribution in [3.63, 3.8) is 0 Å². The van der Waals surface area contributed by atoms with Crippen LogP contribution in [0.5, 0.6) is 0 Å². The van der Waals surface area contributed by atoms with Crippen LogP contribution in [0.3, 0.4) is 0 Å². The topological polar surface area (TPSA) is 125 Å². The fourth-order valence-electron chi connectivity index (χ4n) is 5.07. The summed E-state index contributed by atoms with van der Waals surface area (Å²) in [5.41, 5.74) is 1.28. The predicted octanol–water partition coefficient (Wildman–Crippen LogP) is 5.27. The molecular formula is C30H31O7S3-. The quantitative estimate of drug-likeness (QED) is 0.353. The molecule has 3 aromatic rings. The molecule has 7 nitrogen and oxygen atoms in total. The second-order valence-corrected chi connectivity index (χ2v) is 15.9. The van der Waals surface area contributed by atoms with Gasteiger partial charge in [0.15, 0.2) is 0 Å². The fourth-order valence-corrected chi connectivity index (χ4v) is 9.87. The molecule has 4 rings (SSSR count). The molecule has 0 N–H and O–H groups in total. The molecule has 1 aliphatic carbocycles. The minimum atomic E-state index is -4.94. The Bertz CT molecular complexity index is 1920. The van der Waals surface area contributed by atoms with Crippen LogP contribution >= 0.6 is 0 Å². The van der Waals surface area contributed by atoms with Crippen molar-refractivity contribution in [2.75, 3.05) is 0 Å². The largest absolute Gasteiger partial charge is 0.747 e. The van der Waals surface area contributed by atoms with Crippen molar-refractivity contribution < 1.29 is 29.8 Å². The molecule has 2 atom stereocenters. The normalized spacial score (nSPS) is 19.9. The van der Waals surface area contributed by atoms with Crippen LogP contribution in [0.2, 0.25) is 0 Å². The van der Waals surface area contributed by atoms with Crippen molar-refractivity contribution in [1.82, 2.24) is 0 Å². The van der Waals surface area contributed by atoms with Crippen molar-refractivity contribution in [3.05, 3.63) is 106 Å². The van der Waals surface area contributed by atoms with E-state index >= 15 is 0 Å². The lowest BCUT2D eigenvalue weighted by Gasteiger charge is -2.39. The predicted molar refractivity (Wildman–Crippen MR) is 153 cm³/mol. The molecule has 10 heteroatoms. The number of sulfone groups is 2. The molecule has 3 aromatic carbocycles. The summed E-state index contributed by atoms with van der Waals surface area (Å²) in [6, 6.07) is 13.6. The highest BCUT2D eigenvalue weighted by molar-refractivity contribution is 7.92. The molecular weight excluding hydrogens is 569 g/mol. The summed E-state index contributed by atoms with van der Waals surface area (Å²) < 4.78 is 93.6. The monoisotopic (exact) mass is 599 g/mol. The standard InChI is InChI=1S/C30H32O7S3/c1-19-7-9-22(4)26(15-19)38(31,32)24-11-12-25(30(6)14-13-21(3)17-29(30)40(35,36)37)28(18-24)39(33,34)27-16-20(2)8-10-23(27)5/h7-18,29H,1-6H3,(H,35,36,37)/p-1. The van der Waals surface area contributed by atoms with Crippen LogP contribution in [0.15, 0.2) is 98.0 Å². The molecule has 212 valence electrons. The SMILES string of the molecule is CC1=CC(S(=O)(=O)[O-])C(C)(c2ccc(S(=O)(=O)c3cc(C)ccc3C)cc2S(=O)(=O)c2cc(C)ccc2C)C=C1. The summed E-state index contributed by atoms with van der Waals surface area (Å²) in [5.74, 6) is 0. The molecule has 0 amide bonds. The summed E-state index contributed by atoms with van der Waals surface area (Å²) in [5, 5.41) is -1.61. The van der Waals surface area contributed by atoms with Gasteiger partial charge in [-0.1, -0.05) is 61.1 Å². The van der Waals surface area contributed by atoms with E-state index in [9.17, 15) is 29.8 Å². The van der Waals surface area contributed by atoms with E-state index < -0.39 is 40.5 Å². The van der Waals surface area contributed by atoms with Gasteiger partial charge < -0.3 is 4.55 Å². The van der Waals surface area contributed by atoms with Gasteiger partial charge in [0.2, 0.25) is 19.7 Å². The highest BCUT2D eigenvalue weighted by Crippen LogP contribution is 2.43. The lowest BCUT2D eigenvalue weighted by atomic mass is 9.75. The Balaban J connectivity index is 2.10. The van der Waals surface area contributed by atoms with E-state index in [1.807, 2.05) is 0 Å². The summed E-state index contributed by atoms with van der Waals surface area (Å²) in [6.45, 7) is 9.89. The van der Waals surface area contributed by atoms with Gasteiger partial charge in [0, 0.05) is 5.41 Å². The molecule has 0 spiro atoms. The Kier molecular flexibility index (Phi) is 7.55. The van der Waals surface area contributed by atoms with Crippen molar-refractivity contribution >= 4 is 29.8 Å². The first-order valence-electron chi connectivity index (χ1n) is 12.5. The van der Waals surface area contributed by atoms with Crippen LogP contribution in [0.1, 0.15) is 41.7 Å². The van der Waals surface area contributed by atoms with Gasteiger partial charge in [-0.15, -0.1) is 0 Å². The van der Waals surface area contributed by atoms with Gasteiger partial charge in [-0.25, -0.2) is 25.3 Å². The van der Waals surface area contributed by atoms with Gasteiger partial charge in [-0.2, -0.15) is 0 Å². The highest BCUT2D eigenvalue weighted by atomic mass is 32.2. The van der Waals surface area contributed by atoms with Crippen LogP contribution in [0, 0.1) is 27.7 Å². The minimum absolute atomic E-state index is 0.0118.